The van der Waals surface area contributed by atoms with E-state index in [9.17, 15) is 9.59 Å². The van der Waals surface area contributed by atoms with Crippen molar-refractivity contribution in [3.63, 3.8) is 0 Å². The van der Waals surface area contributed by atoms with Crippen molar-refractivity contribution < 1.29 is 19.1 Å². The van der Waals surface area contributed by atoms with Crippen LogP contribution in [-0.2, 0) is 17.8 Å². The third kappa shape index (κ3) is 4.58. The number of ether oxygens (including phenoxy) is 2. The summed E-state index contributed by atoms with van der Waals surface area (Å²) >= 11 is 0. The fraction of sp³-hybridized carbons (Fsp3) is 0.333. The summed E-state index contributed by atoms with van der Waals surface area (Å²) in [5.41, 5.74) is 3.07. The summed E-state index contributed by atoms with van der Waals surface area (Å²) in [6, 6.07) is 10.8. The van der Waals surface area contributed by atoms with Gasteiger partial charge in [0, 0.05) is 42.3 Å². The minimum absolute atomic E-state index is 0.149. The summed E-state index contributed by atoms with van der Waals surface area (Å²) in [5, 5.41) is 5.59. The van der Waals surface area contributed by atoms with Gasteiger partial charge in [0.15, 0.2) is 0 Å². The molecule has 1 aliphatic rings. The minimum atomic E-state index is -0.223. The number of rotatable bonds is 6. The van der Waals surface area contributed by atoms with Gasteiger partial charge >= 0.3 is 0 Å². The number of fused-ring (bicyclic) bond motifs is 1. The molecule has 0 radical (unpaired) electrons. The Labute approximate surface area is 158 Å². The van der Waals surface area contributed by atoms with Crippen LogP contribution in [0.15, 0.2) is 36.4 Å². The summed E-state index contributed by atoms with van der Waals surface area (Å²) in [4.78, 5) is 23.7. The maximum absolute atomic E-state index is 12.5. The summed E-state index contributed by atoms with van der Waals surface area (Å²) < 4.78 is 11.6. The zero-order valence-corrected chi connectivity index (χ0v) is 15.8. The van der Waals surface area contributed by atoms with Gasteiger partial charge in [-0.3, -0.25) is 9.59 Å². The first kappa shape index (κ1) is 18.8. The minimum Gasteiger partial charge on any atom is -0.494 e. The van der Waals surface area contributed by atoms with Gasteiger partial charge in [0.2, 0.25) is 5.91 Å². The molecule has 3 rings (SSSR count). The molecule has 27 heavy (non-hydrogen) atoms. The van der Waals surface area contributed by atoms with Crippen LogP contribution < -0.4 is 20.1 Å². The monoisotopic (exact) mass is 368 g/mol. The molecule has 0 fully saturated rings. The van der Waals surface area contributed by atoms with Crippen LogP contribution in [0.1, 0.15) is 42.3 Å². The lowest BCUT2D eigenvalue weighted by Gasteiger charge is -2.13. The van der Waals surface area contributed by atoms with Crippen LogP contribution in [-0.4, -0.2) is 24.5 Å². The molecule has 1 heterocycles. The molecular weight excluding hydrogens is 344 g/mol. The molecule has 0 unspecified atom stereocenters. The van der Waals surface area contributed by atoms with Crippen LogP contribution in [0.3, 0.4) is 0 Å². The van der Waals surface area contributed by atoms with E-state index in [1.54, 1.807) is 24.3 Å². The molecule has 0 saturated carbocycles. The number of hydrogen-bond acceptors (Lipinski definition) is 4. The maximum Gasteiger partial charge on any atom is 0.251 e. The smallest absolute Gasteiger partial charge is 0.251 e. The highest BCUT2D eigenvalue weighted by Crippen LogP contribution is 2.35. The van der Waals surface area contributed by atoms with Crippen LogP contribution in [0.5, 0.6) is 11.5 Å². The molecule has 2 aromatic carbocycles. The first-order valence-electron chi connectivity index (χ1n) is 9.07. The van der Waals surface area contributed by atoms with E-state index < -0.39 is 0 Å². The van der Waals surface area contributed by atoms with Gasteiger partial charge in [0.1, 0.15) is 17.6 Å². The van der Waals surface area contributed by atoms with Gasteiger partial charge in [-0.2, -0.15) is 0 Å². The number of carbonyl (C=O) groups is 2. The Kier molecular flexibility index (Phi) is 5.64. The molecule has 6 heteroatoms. The number of hydrogen-bond donors (Lipinski definition) is 2. The lowest BCUT2D eigenvalue weighted by atomic mass is 10.1. The molecule has 2 aromatic rings. The van der Waals surface area contributed by atoms with Crippen LogP contribution in [0.4, 0.5) is 5.69 Å². The van der Waals surface area contributed by atoms with Gasteiger partial charge in [0.05, 0.1) is 6.61 Å². The van der Waals surface area contributed by atoms with Gasteiger partial charge in [-0.25, -0.2) is 0 Å². The Morgan fingerprint density at radius 1 is 1.26 bits per heavy atom. The Morgan fingerprint density at radius 3 is 2.81 bits per heavy atom. The molecule has 0 spiro atoms. The number of nitrogens with one attached hydrogen (secondary N) is 2. The van der Waals surface area contributed by atoms with Crippen LogP contribution in [0.2, 0.25) is 0 Å². The zero-order valence-electron chi connectivity index (χ0n) is 15.8. The van der Waals surface area contributed by atoms with Crippen molar-refractivity contribution in [2.75, 3.05) is 11.9 Å². The Morgan fingerprint density at radius 2 is 2.07 bits per heavy atom. The van der Waals surface area contributed by atoms with Gasteiger partial charge in [0.25, 0.3) is 5.91 Å². The Balaban J connectivity index is 1.73. The van der Waals surface area contributed by atoms with E-state index in [1.165, 1.54) is 6.92 Å². The number of anilines is 1. The van der Waals surface area contributed by atoms with Gasteiger partial charge in [-0.05, 0) is 44.2 Å². The molecule has 0 aliphatic carbocycles. The van der Waals surface area contributed by atoms with Crippen molar-refractivity contribution in [1.82, 2.24) is 5.32 Å². The van der Waals surface area contributed by atoms with E-state index in [0.29, 0.717) is 24.4 Å². The SMILES string of the molecule is CCOc1cc2c(cc1CNC(=O)c1cccc(NC(C)=O)c1)O[C@@H](C)C2. The summed E-state index contributed by atoms with van der Waals surface area (Å²) in [5.74, 6) is 1.21. The molecule has 0 saturated heterocycles. The van der Waals surface area contributed by atoms with Gasteiger partial charge in [-0.1, -0.05) is 6.07 Å². The highest BCUT2D eigenvalue weighted by atomic mass is 16.5. The molecular formula is C21H24N2O4. The molecule has 142 valence electrons. The molecule has 2 amide bonds. The van der Waals surface area contributed by atoms with E-state index >= 15 is 0 Å². The second-order valence-electron chi connectivity index (χ2n) is 6.58. The fourth-order valence-electron chi connectivity index (χ4n) is 3.13. The third-order valence-electron chi connectivity index (χ3n) is 4.26. The van der Waals surface area contributed by atoms with Crippen LogP contribution in [0, 0.1) is 0 Å². The second-order valence-corrected chi connectivity index (χ2v) is 6.58. The molecule has 0 bridgehead atoms. The molecule has 2 N–H and O–H groups in total. The van der Waals surface area contributed by atoms with E-state index in [-0.39, 0.29) is 17.9 Å². The fourth-order valence-corrected chi connectivity index (χ4v) is 3.13. The summed E-state index contributed by atoms with van der Waals surface area (Å²) in [7, 11) is 0. The van der Waals surface area contributed by atoms with Crippen LogP contribution >= 0.6 is 0 Å². The van der Waals surface area contributed by atoms with Gasteiger partial charge in [-0.15, -0.1) is 0 Å². The third-order valence-corrected chi connectivity index (χ3v) is 4.26. The predicted molar refractivity (Wildman–Crippen MR) is 103 cm³/mol. The summed E-state index contributed by atoms with van der Waals surface area (Å²) in [6.45, 7) is 6.27. The second kappa shape index (κ2) is 8.12. The standard InChI is InChI=1S/C21H24N2O4/c1-4-26-19-10-16-8-13(2)27-20(16)11-17(19)12-22-21(25)15-6-5-7-18(9-15)23-14(3)24/h5-7,9-11,13H,4,8,12H2,1-3H3,(H,22,25)(H,23,24)/t13-/m0/s1. The van der Waals surface area contributed by atoms with E-state index in [2.05, 4.69) is 10.6 Å². The topological polar surface area (TPSA) is 76.7 Å². The number of amides is 2. The maximum atomic E-state index is 12.5. The average molecular weight is 368 g/mol. The highest BCUT2D eigenvalue weighted by Gasteiger charge is 2.22. The first-order valence-corrected chi connectivity index (χ1v) is 9.07. The lowest BCUT2D eigenvalue weighted by Crippen LogP contribution is -2.23. The van der Waals surface area contributed by atoms with Crippen molar-refractivity contribution in [1.29, 1.82) is 0 Å². The molecule has 1 atom stereocenters. The van der Waals surface area contributed by atoms with Crippen molar-refractivity contribution in [3.8, 4) is 11.5 Å². The largest absolute Gasteiger partial charge is 0.494 e. The van der Waals surface area contributed by atoms with Crippen LogP contribution in [0.25, 0.3) is 0 Å². The highest BCUT2D eigenvalue weighted by molar-refractivity contribution is 5.96. The molecule has 6 nitrogen and oxygen atoms in total. The normalized spacial score (nSPS) is 14.9. The van der Waals surface area contributed by atoms with Crippen molar-refractivity contribution in [2.45, 2.75) is 39.8 Å². The van der Waals surface area contributed by atoms with Crippen molar-refractivity contribution in [2.24, 2.45) is 0 Å². The summed E-state index contributed by atoms with van der Waals surface area (Å²) in [6.07, 6.45) is 1.01. The van der Waals surface area contributed by atoms with E-state index in [0.717, 1.165) is 29.0 Å². The Hall–Kier alpha value is -3.02. The zero-order chi connectivity index (χ0) is 19.4. The molecule has 0 aromatic heterocycles. The quantitative estimate of drug-likeness (QED) is 0.820. The number of benzene rings is 2. The molecule has 1 aliphatic heterocycles. The van der Waals surface area contributed by atoms with Crippen molar-refractivity contribution >= 4 is 17.5 Å². The van der Waals surface area contributed by atoms with Gasteiger partial charge < -0.3 is 20.1 Å². The number of carbonyl (C=O) groups excluding carboxylic acids is 2. The predicted octanol–water partition coefficient (Wildman–Crippen LogP) is 3.30. The lowest BCUT2D eigenvalue weighted by molar-refractivity contribution is -0.114. The van der Waals surface area contributed by atoms with E-state index in [1.807, 2.05) is 26.0 Å². The Bertz CT molecular complexity index is 863. The average Bonchev–Trinajstić information content (AvgIpc) is 2.98. The van der Waals surface area contributed by atoms with Crippen molar-refractivity contribution in [3.05, 3.63) is 53.1 Å². The first-order chi connectivity index (χ1) is 13.0. The van der Waals surface area contributed by atoms with E-state index in [4.69, 9.17) is 9.47 Å².